The molecule has 0 aromatic carbocycles. The van der Waals surface area contributed by atoms with Crippen molar-refractivity contribution in [1.82, 2.24) is 4.90 Å². The molecule has 1 fully saturated rings. The molecule has 14 heavy (non-hydrogen) atoms. The van der Waals surface area contributed by atoms with Crippen LogP contribution in [0, 0.1) is 5.92 Å². The Morgan fingerprint density at radius 1 is 1.14 bits per heavy atom. The van der Waals surface area contributed by atoms with Crippen LogP contribution in [0.25, 0.3) is 0 Å². The van der Waals surface area contributed by atoms with E-state index < -0.39 is 0 Å². The maximum atomic E-state index is 5.89. The predicted octanol–water partition coefficient (Wildman–Crippen LogP) is 2.23. The van der Waals surface area contributed by atoms with Gasteiger partial charge in [-0.2, -0.15) is 0 Å². The first-order valence-corrected chi connectivity index (χ1v) is 6.09. The minimum atomic E-state index is 0.462. The summed E-state index contributed by atoms with van der Waals surface area (Å²) in [5.41, 5.74) is 5.89. The molecule has 0 aromatic heterocycles. The highest BCUT2D eigenvalue weighted by Gasteiger charge is 2.20. The fraction of sp³-hybridized carbons (Fsp3) is 1.00. The van der Waals surface area contributed by atoms with E-state index in [9.17, 15) is 0 Å². The van der Waals surface area contributed by atoms with Crippen LogP contribution in [0.15, 0.2) is 0 Å². The summed E-state index contributed by atoms with van der Waals surface area (Å²) in [6.45, 7) is 9.39. The Balaban J connectivity index is 2.20. The lowest BCUT2D eigenvalue weighted by atomic mass is 10.00. The number of hydrogen-bond donors (Lipinski definition) is 1. The first-order valence-electron chi connectivity index (χ1n) is 6.09. The Morgan fingerprint density at radius 2 is 1.71 bits per heavy atom. The summed E-state index contributed by atoms with van der Waals surface area (Å²) in [7, 11) is 0. The Hall–Kier alpha value is -0.0800. The van der Waals surface area contributed by atoms with E-state index in [1.165, 1.54) is 38.8 Å². The maximum Gasteiger partial charge on any atom is 0.00670 e. The molecule has 1 aliphatic rings. The number of nitrogens with two attached hydrogens (primary N) is 1. The fourth-order valence-corrected chi connectivity index (χ4v) is 2.12. The highest BCUT2D eigenvalue weighted by molar-refractivity contribution is 4.77. The highest BCUT2D eigenvalue weighted by atomic mass is 15.2. The standard InChI is InChI=1S/C12H26N2/c1-10(2)4-5-11(3)14-8-6-12(13)7-9-14/h10-12H,4-9,13H2,1-3H3. The van der Waals surface area contributed by atoms with Crippen LogP contribution in [0.1, 0.15) is 46.5 Å². The maximum absolute atomic E-state index is 5.89. The summed E-state index contributed by atoms with van der Waals surface area (Å²) in [6.07, 6.45) is 5.06. The summed E-state index contributed by atoms with van der Waals surface area (Å²) < 4.78 is 0. The van der Waals surface area contributed by atoms with E-state index in [1.54, 1.807) is 0 Å². The van der Waals surface area contributed by atoms with Crippen LogP contribution >= 0.6 is 0 Å². The van der Waals surface area contributed by atoms with Gasteiger partial charge in [-0.25, -0.2) is 0 Å². The molecule has 84 valence electrons. The number of likely N-dealkylation sites (tertiary alicyclic amines) is 1. The van der Waals surface area contributed by atoms with Gasteiger partial charge in [-0.3, -0.25) is 0 Å². The largest absolute Gasteiger partial charge is 0.328 e. The van der Waals surface area contributed by atoms with Crippen molar-refractivity contribution in [2.24, 2.45) is 11.7 Å². The summed E-state index contributed by atoms with van der Waals surface area (Å²) >= 11 is 0. The molecule has 1 heterocycles. The van der Waals surface area contributed by atoms with Crippen molar-refractivity contribution in [1.29, 1.82) is 0 Å². The van der Waals surface area contributed by atoms with Crippen molar-refractivity contribution in [3.05, 3.63) is 0 Å². The number of nitrogens with zero attached hydrogens (tertiary/aromatic N) is 1. The molecule has 0 amide bonds. The quantitative estimate of drug-likeness (QED) is 0.750. The Morgan fingerprint density at radius 3 is 2.21 bits per heavy atom. The second kappa shape index (κ2) is 5.72. The van der Waals surface area contributed by atoms with E-state index in [-0.39, 0.29) is 0 Å². The van der Waals surface area contributed by atoms with Crippen molar-refractivity contribution >= 4 is 0 Å². The molecule has 0 saturated carbocycles. The van der Waals surface area contributed by atoms with Gasteiger partial charge in [0.15, 0.2) is 0 Å². The van der Waals surface area contributed by atoms with E-state index in [0.717, 1.165) is 12.0 Å². The van der Waals surface area contributed by atoms with Gasteiger partial charge in [0.25, 0.3) is 0 Å². The number of hydrogen-bond acceptors (Lipinski definition) is 2. The van der Waals surface area contributed by atoms with Gasteiger partial charge < -0.3 is 10.6 Å². The third kappa shape index (κ3) is 3.97. The highest BCUT2D eigenvalue weighted by Crippen LogP contribution is 2.16. The number of piperidine rings is 1. The van der Waals surface area contributed by atoms with Crippen LogP contribution in [0.5, 0.6) is 0 Å². The van der Waals surface area contributed by atoms with Crippen LogP contribution in [-0.2, 0) is 0 Å². The van der Waals surface area contributed by atoms with Gasteiger partial charge in [-0.1, -0.05) is 13.8 Å². The molecule has 1 saturated heterocycles. The van der Waals surface area contributed by atoms with Crippen LogP contribution < -0.4 is 5.73 Å². The molecular weight excluding hydrogens is 172 g/mol. The molecule has 0 bridgehead atoms. The average molecular weight is 198 g/mol. The molecule has 1 atom stereocenters. The zero-order valence-corrected chi connectivity index (χ0v) is 10.00. The fourth-order valence-electron chi connectivity index (χ4n) is 2.12. The molecule has 1 unspecified atom stereocenters. The number of rotatable bonds is 4. The van der Waals surface area contributed by atoms with Gasteiger partial charge in [0.1, 0.15) is 0 Å². The molecule has 2 N–H and O–H groups in total. The van der Waals surface area contributed by atoms with E-state index in [2.05, 4.69) is 25.7 Å². The van der Waals surface area contributed by atoms with Crippen LogP contribution in [-0.4, -0.2) is 30.1 Å². The molecule has 0 aliphatic carbocycles. The van der Waals surface area contributed by atoms with Crippen molar-refractivity contribution < 1.29 is 0 Å². The zero-order chi connectivity index (χ0) is 10.6. The minimum Gasteiger partial charge on any atom is -0.328 e. The molecule has 2 heteroatoms. The molecule has 0 aromatic rings. The Labute approximate surface area is 88.8 Å². The second-order valence-electron chi connectivity index (χ2n) is 5.19. The minimum absolute atomic E-state index is 0.462. The van der Waals surface area contributed by atoms with E-state index >= 15 is 0 Å². The van der Waals surface area contributed by atoms with Gasteiger partial charge >= 0.3 is 0 Å². The first kappa shape index (κ1) is 12.0. The third-order valence-corrected chi connectivity index (χ3v) is 3.36. The van der Waals surface area contributed by atoms with Gasteiger partial charge in [0.05, 0.1) is 0 Å². The summed E-state index contributed by atoms with van der Waals surface area (Å²) in [5.74, 6) is 0.837. The van der Waals surface area contributed by atoms with Crippen LogP contribution in [0.4, 0.5) is 0 Å². The Kier molecular flexibility index (Phi) is 4.90. The summed E-state index contributed by atoms with van der Waals surface area (Å²) in [4.78, 5) is 2.60. The monoisotopic (exact) mass is 198 g/mol. The third-order valence-electron chi connectivity index (χ3n) is 3.36. The zero-order valence-electron chi connectivity index (χ0n) is 10.00. The van der Waals surface area contributed by atoms with E-state index in [4.69, 9.17) is 5.73 Å². The van der Waals surface area contributed by atoms with Gasteiger partial charge in [0.2, 0.25) is 0 Å². The second-order valence-corrected chi connectivity index (χ2v) is 5.19. The molecule has 2 nitrogen and oxygen atoms in total. The summed E-state index contributed by atoms with van der Waals surface area (Å²) in [5, 5.41) is 0. The SMILES string of the molecule is CC(C)CCC(C)N1CCC(N)CC1. The molecule has 0 radical (unpaired) electrons. The summed E-state index contributed by atoms with van der Waals surface area (Å²) in [6, 6.07) is 1.22. The van der Waals surface area contributed by atoms with Crippen LogP contribution in [0.3, 0.4) is 0 Å². The lowest BCUT2D eigenvalue weighted by molar-refractivity contribution is 0.151. The lowest BCUT2D eigenvalue weighted by Crippen LogP contribution is -2.44. The van der Waals surface area contributed by atoms with Crippen LogP contribution in [0.2, 0.25) is 0 Å². The van der Waals surface area contributed by atoms with Gasteiger partial charge in [-0.15, -0.1) is 0 Å². The normalized spacial score (nSPS) is 22.9. The molecule has 0 spiro atoms. The van der Waals surface area contributed by atoms with E-state index in [0.29, 0.717) is 6.04 Å². The molecule has 1 aliphatic heterocycles. The average Bonchev–Trinajstić information content (AvgIpc) is 2.15. The van der Waals surface area contributed by atoms with Gasteiger partial charge in [-0.05, 0) is 51.6 Å². The lowest BCUT2D eigenvalue weighted by Gasteiger charge is -2.35. The predicted molar refractivity (Wildman–Crippen MR) is 62.3 cm³/mol. The van der Waals surface area contributed by atoms with Crippen molar-refractivity contribution in [3.8, 4) is 0 Å². The van der Waals surface area contributed by atoms with Gasteiger partial charge in [0, 0.05) is 12.1 Å². The first-order chi connectivity index (χ1) is 6.59. The Bertz CT molecular complexity index is 148. The van der Waals surface area contributed by atoms with Crippen molar-refractivity contribution in [2.75, 3.05) is 13.1 Å². The smallest absolute Gasteiger partial charge is 0.00670 e. The van der Waals surface area contributed by atoms with Crippen molar-refractivity contribution in [2.45, 2.75) is 58.5 Å². The topological polar surface area (TPSA) is 29.3 Å². The molecular formula is C12H26N2. The van der Waals surface area contributed by atoms with E-state index in [1.807, 2.05) is 0 Å². The molecule has 1 rings (SSSR count). The van der Waals surface area contributed by atoms with Crippen molar-refractivity contribution in [3.63, 3.8) is 0 Å².